The summed E-state index contributed by atoms with van der Waals surface area (Å²) in [6, 6.07) is 14.7. The predicted molar refractivity (Wildman–Crippen MR) is 105 cm³/mol. The van der Waals surface area contributed by atoms with E-state index in [1.54, 1.807) is 24.3 Å². The minimum atomic E-state index is -0.142. The minimum Gasteiger partial charge on any atom is -0.376 e. The Morgan fingerprint density at radius 1 is 0.958 bits per heavy atom. The van der Waals surface area contributed by atoms with E-state index < -0.39 is 0 Å². The first-order valence-electron chi connectivity index (χ1n) is 7.76. The van der Waals surface area contributed by atoms with Gasteiger partial charge in [-0.15, -0.1) is 0 Å². The van der Waals surface area contributed by atoms with Gasteiger partial charge in [0.05, 0.1) is 6.54 Å². The first-order valence-corrected chi connectivity index (χ1v) is 8.84. The zero-order valence-electron chi connectivity index (χ0n) is 13.4. The summed E-state index contributed by atoms with van der Waals surface area (Å²) in [6.45, 7) is 2.84. The molecule has 0 aliphatic carbocycles. The molecular weight excluding hydrogens is 417 g/mol. The largest absolute Gasteiger partial charge is 0.376 e. The molecule has 126 valence electrons. The van der Waals surface area contributed by atoms with Gasteiger partial charge in [0.1, 0.15) is 0 Å². The maximum atomic E-state index is 12.0. The van der Waals surface area contributed by atoms with Gasteiger partial charge in [0.25, 0.3) is 5.91 Å². The number of anilines is 2. The van der Waals surface area contributed by atoms with Crippen molar-refractivity contribution in [2.75, 3.05) is 23.7 Å². The number of amides is 2. The highest BCUT2D eigenvalue weighted by Crippen LogP contribution is 2.12. The van der Waals surface area contributed by atoms with E-state index in [0.29, 0.717) is 17.8 Å². The highest BCUT2D eigenvalue weighted by atomic mass is 127. The van der Waals surface area contributed by atoms with E-state index in [9.17, 15) is 9.59 Å². The number of hydrogen-bond acceptors (Lipinski definition) is 3. The molecule has 0 heterocycles. The van der Waals surface area contributed by atoms with Crippen molar-refractivity contribution in [2.24, 2.45) is 0 Å². The SMILES string of the molecule is CCCNC(=O)c1ccc(NC(=O)CNc2ccc(I)cc2)cc1. The van der Waals surface area contributed by atoms with Crippen molar-refractivity contribution in [3.63, 3.8) is 0 Å². The van der Waals surface area contributed by atoms with Crippen LogP contribution in [0.1, 0.15) is 23.7 Å². The molecule has 2 amide bonds. The molecule has 0 aliphatic rings. The van der Waals surface area contributed by atoms with Crippen LogP contribution in [-0.2, 0) is 4.79 Å². The Labute approximate surface area is 155 Å². The fourth-order valence-electron chi connectivity index (χ4n) is 2.00. The summed E-state index contributed by atoms with van der Waals surface area (Å²) in [4.78, 5) is 23.8. The lowest BCUT2D eigenvalue weighted by Gasteiger charge is -2.09. The topological polar surface area (TPSA) is 70.2 Å². The maximum Gasteiger partial charge on any atom is 0.251 e. The van der Waals surface area contributed by atoms with Crippen LogP contribution in [0.5, 0.6) is 0 Å². The smallest absolute Gasteiger partial charge is 0.251 e. The molecule has 0 saturated carbocycles. The molecule has 0 unspecified atom stereocenters. The Bertz CT molecular complexity index is 684. The molecule has 0 aromatic heterocycles. The number of halogens is 1. The van der Waals surface area contributed by atoms with Crippen LogP contribution in [0, 0.1) is 3.57 Å². The van der Waals surface area contributed by atoms with Crippen LogP contribution in [0.2, 0.25) is 0 Å². The van der Waals surface area contributed by atoms with E-state index in [-0.39, 0.29) is 18.4 Å². The molecule has 0 fully saturated rings. The van der Waals surface area contributed by atoms with Crippen LogP contribution in [0.25, 0.3) is 0 Å². The number of hydrogen-bond donors (Lipinski definition) is 3. The Balaban J connectivity index is 1.83. The molecule has 0 bridgehead atoms. The van der Waals surface area contributed by atoms with Gasteiger partial charge in [0, 0.05) is 27.1 Å². The van der Waals surface area contributed by atoms with E-state index in [2.05, 4.69) is 38.5 Å². The van der Waals surface area contributed by atoms with Crippen LogP contribution in [0.3, 0.4) is 0 Å². The molecule has 0 aliphatic heterocycles. The normalized spacial score (nSPS) is 10.1. The summed E-state index contributed by atoms with van der Waals surface area (Å²) < 4.78 is 1.14. The first-order chi connectivity index (χ1) is 11.6. The van der Waals surface area contributed by atoms with E-state index >= 15 is 0 Å². The van der Waals surface area contributed by atoms with Crippen LogP contribution in [0.15, 0.2) is 48.5 Å². The van der Waals surface area contributed by atoms with Gasteiger partial charge in [-0.3, -0.25) is 9.59 Å². The Morgan fingerprint density at radius 2 is 1.58 bits per heavy atom. The van der Waals surface area contributed by atoms with Gasteiger partial charge in [-0.1, -0.05) is 6.92 Å². The molecule has 6 heteroatoms. The van der Waals surface area contributed by atoms with E-state index in [1.807, 2.05) is 31.2 Å². The monoisotopic (exact) mass is 437 g/mol. The van der Waals surface area contributed by atoms with Crippen LogP contribution < -0.4 is 16.0 Å². The zero-order valence-corrected chi connectivity index (χ0v) is 15.6. The lowest BCUT2D eigenvalue weighted by atomic mass is 10.2. The predicted octanol–water partition coefficient (Wildman–Crippen LogP) is 3.48. The molecule has 0 atom stereocenters. The van der Waals surface area contributed by atoms with Gasteiger partial charge in [-0.25, -0.2) is 0 Å². The van der Waals surface area contributed by atoms with Gasteiger partial charge < -0.3 is 16.0 Å². The molecule has 0 radical (unpaired) electrons. The van der Waals surface area contributed by atoms with Crippen molar-refractivity contribution in [1.82, 2.24) is 5.32 Å². The summed E-state index contributed by atoms with van der Waals surface area (Å²) in [5.41, 5.74) is 2.14. The number of carbonyl (C=O) groups is 2. The Hall–Kier alpha value is -2.09. The molecular formula is C18H20IN3O2. The fraction of sp³-hybridized carbons (Fsp3) is 0.222. The highest BCUT2D eigenvalue weighted by molar-refractivity contribution is 14.1. The quantitative estimate of drug-likeness (QED) is 0.581. The average Bonchev–Trinajstić information content (AvgIpc) is 2.60. The van der Waals surface area contributed by atoms with E-state index in [0.717, 1.165) is 15.7 Å². The molecule has 24 heavy (non-hydrogen) atoms. The van der Waals surface area contributed by atoms with Crippen LogP contribution in [-0.4, -0.2) is 24.9 Å². The second kappa shape index (κ2) is 9.27. The number of rotatable bonds is 7. The molecule has 3 N–H and O–H groups in total. The van der Waals surface area contributed by atoms with Gasteiger partial charge in [-0.2, -0.15) is 0 Å². The number of carbonyl (C=O) groups excluding carboxylic acids is 2. The van der Waals surface area contributed by atoms with Gasteiger partial charge in [0.15, 0.2) is 0 Å². The van der Waals surface area contributed by atoms with Gasteiger partial charge in [0.2, 0.25) is 5.91 Å². The second-order valence-corrected chi connectivity index (χ2v) is 6.49. The van der Waals surface area contributed by atoms with Crippen LogP contribution in [0.4, 0.5) is 11.4 Å². The number of nitrogens with one attached hydrogen (secondary N) is 3. The average molecular weight is 437 g/mol. The second-order valence-electron chi connectivity index (χ2n) is 5.24. The summed E-state index contributed by atoms with van der Waals surface area (Å²) >= 11 is 2.23. The third-order valence-electron chi connectivity index (χ3n) is 3.26. The highest BCUT2D eigenvalue weighted by Gasteiger charge is 2.06. The maximum absolute atomic E-state index is 12.0. The molecule has 0 spiro atoms. The molecule has 5 nitrogen and oxygen atoms in total. The Morgan fingerprint density at radius 3 is 2.21 bits per heavy atom. The van der Waals surface area contributed by atoms with Crippen molar-refractivity contribution in [1.29, 1.82) is 0 Å². The summed E-state index contributed by atoms with van der Waals surface area (Å²) in [6.07, 6.45) is 0.896. The lowest BCUT2D eigenvalue weighted by Crippen LogP contribution is -2.24. The number of benzene rings is 2. The molecule has 2 rings (SSSR count). The third kappa shape index (κ3) is 5.84. The summed E-state index contributed by atoms with van der Waals surface area (Å²) in [7, 11) is 0. The summed E-state index contributed by atoms with van der Waals surface area (Å²) in [5.74, 6) is -0.244. The van der Waals surface area contributed by atoms with E-state index in [4.69, 9.17) is 0 Å². The fourth-order valence-corrected chi connectivity index (χ4v) is 2.36. The standard InChI is InChI=1S/C18H20IN3O2/c1-2-11-20-18(24)13-3-7-16(8-4-13)22-17(23)12-21-15-9-5-14(19)6-10-15/h3-10,21H,2,11-12H2,1H3,(H,20,24)(H,22,23). The summed E-state index contributed by atoms with van der Waals surface area (Å²) in [5, 5.41) is 8.68. The molecule has 0 saturated heterocycles. The molecule has 2 aromatic rings. The molecule has 2 aromatic carbocycles. The van der Waals surface area contributed by atoms with Crippen molar-refractivity contribution in [3.8, 4) is 0 Å². The first kappa shape index (κ1) is 18.3. The third-order valence-corrected chi connectivity index (χ3v) is 3.98. The lowest BCUT2D eigenvalue weighted by molar-refractivity contribution is -0.114. The van der Waals surface area contributed by atoms with Gasteiger partial charge >= 0.3 is 0 Å². The van der Waals surface area contributed by atoms with Crippen LogP contribution >= 0.6 is 22.6 Å². The van der Waals surface area contributed by atoms with Crippen molar-refractivity contribution < 1.29 is 9.59 Å². The van der Waals surface area contributed by atoms with Crippen molar-refractivity contribution in [3.05, 3.63) is 57.7 Å². The van der Waals surface area contributed by atoms with Crippen molar-refractivity contribution in [2.45, 2.75) is 13.3 Å². The van der Waals surface area contributed by atoms with E-state index in [1.165, 1.54) is 0 Å². The minimum absolute atomic E-state index is 0.102. The van der Waals surface area contributed by atoms with Gasteiger partial charge in [-0.05, 0) is 77.5 Å². The Kier molecular flexibility index (Phi) is 7.05. The zero-order chi connectivity index (χ0) is 17.4. The van der Waals surface area contributed by atoms with Crippen molar-refractivity contribution >= 4 is 45.8 Å².